The van der Waals surface area contributed by atoms with Gasteiger partial charge in [-0.15, -0.1) is 0 Å². The molecular weight excluding hydrogens is 442 g/mol. The summed E-state index contributed by atoms with van der Waals surface area (Å²) in [5, 5.41) is 1.52. The molecule has 0 N–H and O–H groups in total. The first kappa shape index (κ1) is 21.4. The highest BCUT2D eigenvalue weighted by Gasteiger charge is 2.23. The third-order valence-electron chi connectivity index (χ3n) is 5.77. The summed E-state index contributed by atoms with van der Waals surface area (Å²) in [7, 11) is 3.14. The Morgan fingerprint density at radius 3 is 2.55 bits per heavy atom. The predicted octanol–water partition coefficient (Wildman–Crippen LogP) is 5.48. The summed E-state index contributed by atoms with van der Waals surface area (Å²) in [5.41, 5.74) is 3.16. The van der Waals surface area contributed by atoms with Gasteiger partial charge in [-0.05, 0) is 48.0 Å². The van der Waals surface area contributed by atoms with Crippen molar-refractivity contribution >= 4 is 22.6 Å². The van der Waals surface area contributed by atoms with E-state index in [1.807, 2.05) is 42.5 Å². The third-order valence-corrected chi connectivity index (χ3v) is 6.02. The molecule has 0 fully saturated rings. The molecule has 0 bridgehead atoms. The number of methoxy groups -OCH3 is 2. The van der Waals surface area contributed by atoms with Crippen molar-refractivity contribution in [3.05, 3.63) is 87.2 Å². The maximum atomic E-state index is 13.0. The van der Waals surface area contributed by atoms with E-state index < -0.39 is 5.63 Å². The van der Waals surface area contributed by atoms with Crippen LogP contribution in [0.25, 0.3) is 22.1 Å². The van der Waals surface area contributed by atoms with Crippen molar-refractivity contribution in [3.63, 3.8) is 0 Å². The summed E-state index contributed by atoms with van der Waals surface area (Å²) in [6.07, 6.45) is 0. The van der Waals surface area contributed by atoms with Gasteiger partial charge in [-0.25, -0.2) is 4.79 Å². The Morgan fingerprint density at radius 1 is 0.970 bits per heavy atom. The Balaban J connectivity index is 1.52. The number of halogens is 1. The average Bonchev–Trinajstić information content (AvgIpc) is 2.84. The largest absolute Gasteiger partial charge is 0.497 e. The quantitative estimate of drug-likeness (QED) is 0.365. The molecule has 3 aromatic carbocycles. The van der Waals surface area contributed by atoms with Crippen molar-refractivity contribution in [1.29, 1.82) is 0 Å². The van der Waals surface area contributed by atoms with Gasteiger partial charge in [0.25, 0.3) is 0 Å². The molecule has 2 heterocycles. The maximum absolute atomic E-state index is 13.0. The Hall–Kier alpha value is -3.48. The lowest BCUT2D eigenvalue weighted by Gasteiger charge is -2.29. The van der Waals surface area contributed by atoms with E-state index in [4.69, 9.17) is 30.2 Å². The van der Waals surface area contributed by atoms with Gasteiger partial charge in [0.05, 0.1) is 25.3 Å². The summed E-state index contributed by atoms with van der Waals surface area (Å²) in [4.78, 5) is 15.2. The van der Waals surface area contributed by atoms with Gasteiger partial charge in [0.1, 0.15) is 29.6 Å². The Labute approximate surface area is 195 Å². The van der Waals surface area contributed by atoms with Crippen LogP contribution < -0.4 is 19.8 Å². The second kappa shape index (κ2) is 8.81. The van der Waals surface area contributed by atoms with Crippen molar-refractivity contribution in [2.24, 2.45) is 0 Å². The summed E-state index contributed by atoms with van der Waals surface area (Å²) >= 11 is 6.00. The molecule has 0 amide bonds. The van der Waals surface area contributed by atoms with E-state index in [0.29, 0.717) is 53.1 Å². The second-order valence-corrected chi connectivity index (χ2v) is 8.30. The van der Waals surface area contributed by atoms with E-state index in [1.165, 1.54) is 0 Å². The zero-order valence-corrected chi connectivity index (χ0v) is 19.0. The molecule has 7 heteroatoms. The Morgan fingerprint density at radius 2 is 1.79 bits per heavy atom. The lowest BCUT2D eigenvalue weighted by molar-refractivity contribution is 0.0890. The third kappa shape index (κ3) is 4.15. The number of ether oxygens (including phenoxy) is 3. The molecule has 6 nitrogen and oxygen atoms in total. The van der Waals surface area contributed by atoms with Gasteiger partial charge >= 0.3 is 5.63 Å². The summed E-state index contributed by atoms with van der Waals surface area (Å²) in [6, 6.07) is 18.7. The van der Waals surface area contributed by atoms with Gasteiger partial charge in [0.2, 0.25) is 0 Å². The zero-order valence-electron chi connectivity index (χ0n) is 18.3. The van der Waals surface area contributed by atoms with Crippen LogP contribution in [0.15, 0.2) is 69.9 Å². The van der Waals surface area contributed by atoms with E-state index in [0.717, 1.165) is 22.3 Å². The van der Waals surface area contributed by atoms with Crippen LogP contribution in [-0.4, -0.2) is 25.9 Å². The SMILES string of the molecule is COc1ccc(-c2cc3ccc4c(c3oc2=O)CN(Cc2ccc(Cl)cc2)CO4)c(OC)c1. The lowest BCUT2D eigenvalue weighted by atomic mass is 10.0. The highest BCUT2D eigenvalue weighted by Crippen LogP contribution is 2.36. The molecule has 0 aliphatic carbocycles. The fraction of sp³-hybridized carbons (Fsp3) is 0.192. The van der Waals surface area contributed by atoms with E-state index in [9.17, 15) is 4.79 Å². The number of hydrogen-bond acceptors (Lipinski definition) is 6. The van der Waals surface area contributed by atoms with Gasteiger partial charge in [-0.1, -0.05) is 23.7 Å². The smallest absolute Gasteiger partial charge is 0.344 e. The van der Waals surface area contributed by atoms with Crippen molar-refractivity contribution in [2.75, 3.05) is 21.0 Å². The lowest BCUT2D eigenvalue weighted by Crippen LogP contribution is -2.31. The first-order chi connectivity index (χ1) is 16.1. The van der Waals surface area contributed by atoms with Crippen LogP contribution in [0.5, 0.6) is 17.2 Å². The topological polar surface area (TPSA) is 61.1 Å². The fourth-order valence-corrected chi connectivity index (χ4v) is 4.22. The molecule has 1 aliphatic rings. The van der Waals surface area contributed by atoms with Crippen LogP contribution in [0.2, 0.25) is 5.02 Å². The molecule has 0 unspecified atom stereocenters. The normalized spacial score (nSPS) is 13.4. The maximum Gasteiger partial charge on any atom is 0.344 e. The van der Waals surface area contributed by atoms with E-state index >= 15 is 0 Å². The predicted molar refractivity (Wildman–Crippen MR) is 127 cm³/mol. The zero-order chi connectivity index (χ0) is 22.9. The Kier molecular flexibility index (Phi) is 5.70. The summed E-state index contributed by atoms with van der Waals surface area (Å²) < 4.78 is 22.6. The van der Waals surface area contributed by atoms with Crippen molar-refractivity contribution in [3.8, 4) is 28.4 Å². The van der Waals surface area contributed by atoms with Crippen molar-refractivity contribution in [1.82, 2.24) is 4.90 Å². The number of nitrogens with zero attached hydrogens (tertiary/aromatic N) is 1. The molecule has 33 heavy (non-hydrogen) atoms. The number of fused-ring (bicyclic) bond motifs is 3. The van der Waals surface area contributed by atoms with Crippen molar-refractivity contribution < 1.29 is 18.6 Å². The standard InChI is InChI=1S/C26H22ClNO5/c1-30-19-8-9-20(24(12-19)31-2)21-11-17-5-10-23-22(25(17)33-26(21)29)14-28(15-32-23)13-16-3-6-18(27)7-4-16/h3-12H,13-15H2,1-2H3. The molecule has 1 aliphatic heterocycles. The highest BCUT2D eigenvalue weighted by atomic mass is 35.5. The van der Waals surface area contributed by atoms with Crippen LogP contribution in [0, 0.1) is 0 Å². The molecule has 5 rings (SSSR count). The number of rotatable bonds is 5. The summed E-state index contributed by atoms with van der Waals surface area (Å²) in [6.45, 7) is 1.74. The minimum absolute atomic E-state index is 0.428. The first-order valence-corrected chi connectivity index (χ1v) is 10.9. The van der Waals surface area contributed by atoms with Gasteiger partial charge in [-0.2, -0.15) is 0 Å². The summed E-state index contributed by atoms with van der Waals surface area (Å²) in [5.74, 6) is 1.91. The van der Waals surface area contributed by atoms with E-state index in [1.54, 1.807) is 32.4 Å². The number of benzene rings is 3. The molecule has 0 radical (unpaired) electrons. The van der Waals surface area contributed by atoms with Crippen molar-refractivity contribution in [2.45, 2.75) is 13.1 Å². The van der Waals surface area contributed by atoms with Crippen LogP contribution in [0.1, 0.15) is 11.1 Å². The monoisotopic (exact) mass is 463 g/mol. The van der Waals surface area contributed by atoms with Crippen LogP contribution in [-0.2, 0) is 13.1 Å². The van der Waals surface area contributed by atoms with Gasteiger partial charge < -0.3 is 18.6 Å². The van der Waals surface area contributed by atoms with Crippen LogP contribution in [0.4, 0.5) is 0 Å². The van der Waals surface area contributed by atoms with Gasteiger partial charge in [0, 0.05) is 35.1 Å². The first-order valence-electron chi connectivity index (χ1n) is 10.5. The minimum atomic E-state index is -0.436. The van der Waals surface area contributed by atoms with E-state index in [2.05, 4.69) is 4.90 Å². The molecule has 1 aromatic heterocycles. The van der Waals surface area contributed by atoms with Crippen LogP contribution in [0.3, 0.4) is 0 Å². The van der Waals surface area contributed by atoms with Gasteiger partial charge in [0.15, 0.2) is 0 Å². The molecule has 0 saturated carbocycles. The Bertz CT molecular complexity index is 1380. The van der Waals surface area contributed by atoms with Crippen LogP contribution >= 0.6 is 11.6 Å². The molecule has 168 valence electrons. The fourth-order valence-electron chi connectivity index (χ4n) is 4.10. The number of hydrogen-bond donors (Lipinski definition) is 0. The molecule has 0 saturated heterocycles. The molecule has 0 atom stereocenters. The molecular formula is C26H22ClNO5. The van der Waals surface area contributed by atoms with E-state index in [-0.39, 0.29) is 0 Å². The minimum Gasteiger partial charge on any atom is -0.497 e. The molecule has 0 spiro atoms. The van der Waals surface area contributed by atoms with Gasteiger partial charge in [-0.3, -0.25) is 4.90 Å². The second-order valence-electron chi connectivity index (χ2n) is 7.86. The highest BCUT2D eigenvalue weighted by molar-refractivity contribution is 6.30. The average molecular weight is 464 g/mol. The molecule has 4 aromatic rings.